The van der Waals surface area contributed by atoms with Crippen LogP contribution < -0.4 is 14.8 Å². The molecule has 1 aromatic heterocycles. The standard InChI is InChI=1S/C20H26F3N3O2/c1-4-5-6-7-11-27-18-17(20(21,22)23)13-24-19(26-18)25-15-9-8-10-16(12-15)28-14(2)3/h8-10,12-14H,4-7,11H2,1-3H3,(H,24,25,26). The van der Waals surface area contributed by atoms with Crippen LogP contribution in [0.25, 0.3) is 0 Å². The van der Waals surface area contributed by atoms with Crippen molar-refractivity contribution >= 4 is 11.6 Å². The summed E-state index contributed by atoms with van der Waals surface area (Å²) in [5, 5.41) is 2.90. The third kappa shape index (κ3) is 6.90. The first-order chi connectivity index (χ1) is 13.3. The number of anilines is 2. The van der Waals surface area contributed by atoms with E-state index in [1.54, 1.807) is 24.3 Å². The molecule has 0 radical (unpaired) electrons. The van der Waals surface area contributed by atoms with Crippen molar-refractivity contribution in [3.63, 3.8) is 0 Å². The van der Waals surface area contributed by atoms with Crippen molar-refractivity contribution in [2.45, 2.75) is 58.7 Å². The van der Waals surface area contributed by atoms with Crippen LogP contribution in [-0.2, 0) is 6.18 Å². The van der Waals surface area contributed by atoms with E-state index < -0.39 is 17.6 Å². The molecule has 0 saturated heterocycles. The summed E-state index contributed by atoms with van der Waals surface area (Å²) in [7, 11) is 0. The van der Waals surface area contributed by atoms with Crippen LogP contribution in [0.5, 0.6) is 11.6 Å². The topological polar surface area (TPSA) is 56.3 Å². The maximum atomic E-state index is 13.2. The number of unbranched alkanes of at least 4 members (excludes halogenated alkanes) is 3. The average Bonchev–Trinajstić information content (AvgIpc) is 2.60. The molecule has 28 heavy (non-hydrogen) atoms. The normalized spacial score (nSPS) is 11.5. The van der Waals surface area contributed by atoms with Crippen LogP contribution in [0.2, 0.25) is 0 Å². The lowest BCUT2D eigenvalue weighted by Crippen LogP contribution is -2.13. The Balaban J connectivity index is 2.15. The summed E-state index contributed by atoms with van der Waals surface area (Å²) < 4.78 is 50.6. The van der Waals surface area contributed by atoms with Gasteiger partial charge in [0.2, 0.25) is 11.8 Å². The maximum absolute atomic E-state index is 13.2. The first-order valence-corrected chi connectivity index (χ1v) is 9.40. The van der Waals surface area contributed by atoms with Crippen molar-refractivity contribution < 1.29 is 22.6 Å². The van der Waals surface area contributed by atoms with Crippen LogP contribution >= 0.6 is 0 Å². The lowest BCUT2D eigenvalue weighted by molar-refractivity contribution is -0.139. The largest absolute Gasteiger partial charge is 0.491 e. The van der Waals surface area contributed by atoms with Crippen molar-refractivity contribution in [2.24, 2.45) is 0 Å². The van der Waals surface area contributed by atoms with Crippen LogP contribution in [0.4, 0.5) is 24.8 Å². The van der Waals surface area contributed by atoms with E-state index in [1.165, 1.54) is 0 Å². The minimum Gasteiger partial charge on any atom is -0.491 e. The predicted octanol–water partition coefficient (Wildman–Crippen LogP) is 5.99. The molecule has 1 aromatic carbocycles. The molecule has 0 aliphatic carbocycles. The van der Waals surface area contributed by atoms with Gasteiger partial charge in [-0.2, -0.15) is 18.2 Å². The fourth-order valence-electron chi connectivity index (χ4n) is 2.48. The minimum absolute atomic E-state index is 0.00489. The number of ether oxygens (including phenoxy) is 2. The Morgan fingerprint density at radius 2 is 1.93 bits per heavy atom. The number of alkyl halides is 3. The number of nitrogens with one attached hydrogen (secondary N) is 1. The Morgan fingerprint density at radius 1 is 1.14 bits per heavy atom. The monoisotopic (exact) mass is 397 g/mol. The van der Waals surface area contributed by atoms with E-state index in [0.717, 1.165) is 25.5 Å². The fraction of sp³-hybridized carbons (Fsp3) is 0.500. The zero-order valence-electron chi connectivity index (χ0n) is 16.3. The van der Waals surface area contributed by atoms with Gasteiger partial charge in [0, 0.05) is 18.0 Å². The number of benzene rings is 1. The fourth-order valence-corrected chi connectivity index (χ4v) is 2.48. The van der Waals surface area contributed by atoms with Gasteiger partial charge in [-0.3, -0.25) is 0 Å². The number of nitrogens with zero attached hydrogens (tertiary/aromatic N) is 2. The summed E-state index contributed by atoms with van der Waals surface area (Å²) >= 11 is 0. The van der Waals surface area contributed by atoms with E-state index in [0.29, 0.717) is 17.9 Å². The summed E-state index contributed by atoms with van der Waals surface area (Å²) in [4.78, 5) is 7.72. The second-order valence-electron chi connectivity index (χ2n) is 6.64. The predicted molar refractivity (Wildman–Crippen MR) is 102 cm³/mol. The first kappa shape index (κ1) is 21.8. The smallest absolute Gasteiger partial charge is 0.423 e. The minimum atomic E-state index is -4.58. The van der Waals surface area contributed by atoms with E-state index in [-0.39, 0.29) is 18.7 Å². The zero-order valence-corrected chi connectivity index (χ0v) is 16.3. The molecule has 0 spiro atoms. The molecule has 0 amide bonds. The van der Waals surface area contributed by atoms with Crippen molar-refractivity contribution in [1.29, 1.82) is 0 Å². The molecule has 0 fully saturated rings. The molecule has 0 unspecified atom stereocenters. The highest BCUT2D eigenvalue weighted by atomic mass is 19.4. The second-order valence-corrected chi connectivity index (χ2v) is 6.64. The van der Waals surface area contributed by atoms with Crippen molar-refractivity contribution in [3.05, 3.63) is 36.0 Å². The molecule has 154 valence electrons. The van der Waals surface area contributed by atoms with Gasteiger partial charge in [-0.05, 0) is 32.4 Å². The van der Waals surface area contributed by atoms with Gasteiger partial charge in [-0.25, -0.2) is 4.98 Å². The van der Waals surface area contributed by atoms with E-state index >= 15 is 0 Å². The molecule has 1 heterocycles. The van der Waals surface area contributed by atoms with Gasteiger partial charge < -0.3 is 14.8 Å². The lowest BCUT2D eigenvalue weighted by atomic mass is 10.2. The van der Waals surface area contributed by atoms with Crippen LogP contribution in [-0.4, -0.2) is 22.7 Å². The van der Waals surface area contributed by atoms with Crippen LogP contribution in [0.15, 0.2) is 30.5 Å². The van der Waals surface area contributed by atoms with Gasteiger partial charge in [-0.1, -0.05) is 32.3 Å². The number of aromatic nitrogens is 2. The summed E-state index contributed by atoms with van der Waals surface area (Å²) in [6, 6.07) is 7.05. The average molecular weight is 397 g/mol. The Labute approximate surface area is 163 Å². The molecule has 1 N–H and O–H groups in total. The van der Waals surface area contributed by atoms with Gasteiger partial charge >= 0.3 is 6.18 Å². The molecule has 0 aliphatic heterocycles. The molecule has 0 bridgehead atoms. The SMILES string of the molecule is CCCCCCOc1nc(Nc2cccc(OC(C)C)c2)ncc1C(F)(F)F. The lowest BCUT2D eigenvalue weighted by Gasteiger charge is -2.15. The summed E-state index contributed by atoms with van der Waals surface area (Å²) in [5.41, 5.74) is -0.378. The van der Waals surface area contributed by atoms with E-state index in [4.69, 9.17) is 9.47 Å². The number of hydrogen-bond donors (Lipinski definition) is 1. The first-order valence-electron chi connectivity index (χ1n) is 9.40. The Bertz CT molecular complexity index is 752. The van der Waals surface area contributed by atoms with E-state index in [1.807, 2.05) is 13.8 Å². The van der Waals surface area contributed by atoms with E-state index in [2.05, 4.69) is 22.2 Å². The summed E-state index contributed by atoms with van der Waals surface area (Å²) in [5.74, 6) is 0.202. The van der Waals surface area contributed by atoms with Gasteiger partial charge in [-0.15, -0.1) is 0 Å². The van der Waals surface area contributed by atoms with Crippen LogP contribution in [0, 0.1) is 0 Å². The van der Waals surface area contributed by atoms with Gasteiger partial charge in [0.15, 0.2) is 0 Å². The Morgan fingerprint density at radius 3 is 2.61 bits per heavy atom. The maximum Gasteiger partial charge on any atom is 0.423 e. The molecular weight excluding hydrogens is 371 g/mol. The zero-order chi connectivity index (χ0) is 20.6. The van der Waals surface area contributed by atoms with Gasteiger partial charge in [0.25, 0.3) is 0 Å². The Hall–Kier alpha value is -2.51. The van der Waals surface area contributed by atoms with E-state index in [9.17, 15) is 13.2 Å². The molecular formula is C20H26F3N3O2. The third-order valence-electron chi connectivity index (χ3n) is 3.76. The molecule has 0 aliphatic rings. The second kappa shape index (κ2) is 10.1. The molecule has 2 aromatic rings. The van der Waals surface area contributed by atoms with Gasteiger partial charge in [0.05, 0.1) is 12.7 Å². The Kier molecular flexibility index (Phi) is 7.90. The van der Waals surface area contributed by atoms with Crippen molar-refractivity contribution in [1.82, 2.24) is 9.97 Å². The molecule has 0 saturated carbocycles. The van der Waals surface area contributed by atoms with Crippen molar-refractivity contribution in [3.8, 4) is 11.6 Å². The number of rotatable bonds is 10. The highest BCUT2D eigenvalue weighted by Gasteiger charge is 2.36. The van der Waals surface area contributed by atoms with Crippen LogP contribution in [0.3, 0.4) is 0 Å². The highest BCUT2D eigenvalue weighted by molar-refractivity contribution is 5.56. The van der Waals surface area contributed by atoms with Gasteiger partial charge in [0.1, 0.15) is 11.3 Å². The summed E-state index contributed by atoms with van der Waals surface area (Å²) in [6.07, 6.45) is -0.211. The quantitative estimate of drug-likeness (QED) is 0.500. The summed E-state index contributed by atoms with van der Waals surface area (Å²) in [6.45, 7) is 6.05. The molecule has 2 rings (SSSR count). The van der Waals surface area contributed by atoms with Crippen LogP contribution in [0.1, 0.15) is 52.0 Å². The molecule has 0 atom stereocenters. The molecule has 8 heteroatoms. The molecule has 5 nitrogen and oxygen atoms in total. The third-order valence-corrected chi connectivity index (χ3v) is 3.76. The van der Waals surface area contributed by atoms with Crippen molar-refractivity contribution in [2.75, 3.05) is 11.9 Å². The number of hydrogen-bond acceptors (Lipinski definition) is 5. The number of halogens is 3. The highest BCUT2D eigenvalue weighted by Crippen LogP contribution is 2.35.